The Hall–Kier alpha value is -1.27. The first-order valence-electron chi connectivity index (χ1n) is 5.57. The van der Waals surface area contributed by atoms with Gasteiger partial charge in [-0.2, -0.15) is 4.68 Å². The minimum atomic E-state index is 0.0136. The van der Waals surface area contributed by atoms with E-state index in [4.69, 9.17) is 5.73 Å². The van der Waals surface area contributed by atoms with Crippen molar-refractivity contribution in [1.82, 2.24) is 20.0 Å². The molecule has 0 saturated heterocycles. The van der Waals surface area contributed by atoms with Crippen molar-refractivity contribution in [3.63, 3.8) is 0 Å². The number of hydrogen-bond donors (Lipinski definition) is 1. The molecule has 0 amide bonds. The van der Waals surface area contributed by atoms with Crippen LogP contribution in [0.3, 0.4) is 0 Å². The van der Waals surface area contributed by atoms with Crippen LogP contribution in [-0.4, -0.2) is 20.0 Å². The summed E-state index contributed by atoms with van der Waals surface area (Å²) >= 11 is 3.43. The number of rotatable bonds is 1. The lowest BCUT2D eigenvalue weighted by molar-refractivity contribution is 0.549. The predicted molar refractivity (Wildman–Crippen MR) is 66.7 cm³/mol. The van der Waals surface area contributed by atoms with E-state index in [1.54, 1.807) is 10.9 Å². The van der Waals surface area contributed by atoms with E-state index in [1.807, 2.05) is 12.1 Å². The van der Waals surface area contributed by atoms with Gasteiger partial charge < -0.3 is 5.73 Å². The average molecular weight is 294 g/mol. The summed E-state index contributed by atoms with van der Waals surface area (Å²) in [6.45, 7) is 0. The number of aromatic nitrogens is 4. The maximum absolute atomic E-state index is 6.02. The summed E-state index contributed by atoms with van der Waals surface area (Å²) < 4.78 is 2.77. The van der Waals surface area contributed by atoms with E-state index < -0.39 is 0 Å². The third-order valence-electron chi connectivity index (χ3n) is 3.00. The zero-order valence-electron chi connectivity index (χ0n) is 9.17. The van der Waals surface area contributed by atoms with Gasteiger partial charge in [-0.25, -0.2) is 4.98 Å². The van der Waals surface area contributed by atoms with E-state index >= 15 is 0 Å². The van der Waals surface area contributed by atoms with Crippen LogP contribution in [0.4, 0.5) is 0 Å². The van der Waals surface area contributed by atoms with Crippen molar-refractivity contribution in [2.75, 3.05) is 0 Å². The second-order valence-corrected chi connectivity index (χ2v) is 5.08. The number of halogens is 1. The van der Waals surface area contributed by atoms with Crippen LogP contribution in [0.25, 0.3) is 5.82 Å². The maximum Gasteiger partial charge on any atom is 0.156 e. The highest BCUT2D eigenvalue weighted by Crippen LogP contribution is 2.27. The largest absolute Gasteiger partial charge is 0.323 e. The molecule has 1 atom stereocenters. The van der Waals surface area contributed by atoms with Crippen LogP contribution in [0.15, 0.2) is 22.8 Å². The molecule has 0 aliphatic heterocycles. The summed E-state index contributed by atoms with van der Waals surface area (Å²) in [6, 6.07) is 3.83. The van der Waals surface area contributed by atoms with Crippen LogP contribution in [0.5, 0.6) is 0 Å². The van der Waals surface area contributed by atoms with Gasteiger partial charge in [0.25, 0.3) is 0 Å². The standard InChI is InChI=1S/C11H12BrN5/c12-7-4-5-14-10(6-7)17-9-3-1-2-8(13)11(9)15-16-17/h4-6,8H,1-3,13H2. The summed E-state index contributed by atoms with van der Waals surface area (Å²) in [6.07, 6.45) is 4.77. The van der Waals surface area contributed by atoms with Crippen molar-refractivity contribution in [3.05, 3.63) is 34.2 Å². The van der Waals surface area contributed by atoms with Gasteiger partial charge in [0.05, 0.1) is 11.7 Å². The van der Waals surface area contributed by atoms with Gasteiger partial charge in [0.1, 0.15) is 5.69 Å². The van der Waals surface area contributed by atoms with Gasteiger partial charge in [0.2, 0.25) is 0 Å². The van der Waals surface area contributed by atoms with Crippen molar-refractivity contribution < 1.29 is 0 Å². The number of nitrogens with zero attached hydrogens (tertiary/aromatic N) is 4. The first-order chi connectivity index (χ1) is 8.25. The quantitative estimate of drug-likeness (QED) is 0.870. The highest BCUT2D eigenvalue weighted by molar-refractivity contribution is 9.10. The summed E-state index contributed by atoms with van der Waals surface area (Å²) in [5.74, 6) is 0.780. The lowest BCUT2D eigenvalue weighted by Gasteiger charge is -2.17. The fraction of sp³-hybridized carbons (Fsp3) is 0.364. The second kappa shape index (κ2) is 4.19. The normalized spacial score (nSPS) is 19.1. The van der Waals surface area contributed by atoms with Crippen LogP contribution < -0.4 is 5.73 Å². The van der Waals surface area contributed by atoms with E-state index in [0.717, 1.165) is 40.9 Å². The molecular weight excluding hydrogens is 282 g/mol. The van der Waals surface area contributed by atoms with Crippen molar-refractivity contribution >= 4 is 15.9 Å². The SMILES string of the molecule is NC1CCCc2c1nnn2-c1cc(Br)ccn1. The Bertz CT molecular complexity index is 551. The van der Waals surface area contributed by atoms with Crippen molar-refractivity contribution in [2.24, 2.45) is 5.73 Å². The van der Waals surface area contributed by atoms with Gasteiger partial charge in [-0.05, 0) is 31.4 Å². The van der Waals surface area contributed by atoms with Gasteiger partial charge in [0.15, 0.2) is 5.82 Å². The molecule has 6 heteroatoms. The van der Waals surface area contributed by atoms with E-state index in [0.29, 0.717) is 0 Å². The molecule has 2 aromatic heterocycles. The fourth-order valence-electron chi connectivity index (χ4n) is 2.15. The molecule has 0 spiro atoms. The van der Waals surface area contributed by atoms with Gasteiger partial charge in [0, 0.05) is 10.7 Å². The van der Waals surface area contributed by atoms with Crippen LogP contribution in [0.2, 0.25) is 0 Å². The van der Waals surface area contributed by atoms with Crippen LogP contribution in [-0.2, 0) is 6.42 Å². The Morgan fingerprint density at radius 2 is 2.35 bits per heavy atom. The van der Waals surface area contributed by atoms with E-state index in [2.05, 4.69) is 31.2 Å². The smallest absolute Gasteiger partial charge is 0.156 e. The summed E-state index contributed by atoms with van der Waals surface area (Å²) in [4.78, 5) is 4.30. The zero-order valence-corrected chi connectivity index (χ0v) is 10.8. The van der Waals surface area contributed by atoms with Crippen molar-refractivity contribution in [3.8, 4) is 5.82 Å². The molecule has 0 aromatic carbocycles. The molecule has 88 valence electrons. The third kappa shape index (κ3) is 1.87. The van der Waals surface area contributed by atoms with E-state index in [9.17, 15) is 0 Å². The molecule has 1 aliphatic rings. The number of nitrogens with two attached hydrogens (primary N) is 1. The topological polar surface area (TPSA) is 69.6 Å². The minimum absolute atomic E-state index is 0.0136. The molecule has 2 aromatic rings. The zero-order chi connectivity index (χ0) is 11.8. The van der Waals surface area contributed by atoms with Gasteiger partial charge >= 0.3 is 0 Å². The molecule has 0 bridgehead atoms. The lowest BCUT2D eigenvalue weighted by atomic mass is 9.97. The van der Waals surface area contributed by atoms with Crippen molar-refractivity contribution in [1.29, 1.82) is 0 Å². The van der Waals surface area contributed by atoms with Crippen LogP contribution in [0, 0.1) is 0 Å². The Morgan fingerprint density at radius 3 is 3.18 bits per heavy atom. The minimum Gasteiger partial charge on any atom is -0.323 e. The van der Waals surface area contributed by atoms with Crippen LogP contribution in [0.1, 0.15) is 30.3 Å². The summed E-state index contributed by atoms with van der Waals surface area (Å²) in [7, 11) is 0. The van der Waals surface area contributed by atoms with Crippen molar-refractivity contribution in [2.45, 2.75) is 25.3 Å². The Balaban J connectivity index is 2.10. The second-order valence-electron chi connectivity index (χ2n) is 4.16. The first-order valence-corrected chi connectivity index (χ1v) is 6.37. The predicted octanol–water partition coefficient (Wildman–Crippen LogP) is 1.76. The molecule has 0 radical (unpaired) electrons. The highest BCUT2D eigenvalue weighted by atomic mass is 79.9. The molecule has 2 heterocycles. The summed E-state index contributed by atoms with van der Waals surface area (Å²) in [5, 5.41) is 8.34. The molecule has 3 rings (SSSR count). The Labute approximate surface area is 107 Å². The first kappa shape index (κ1) is 10.9. The third-order valence-corrected chi connectivity index (χ3v) is 3.49. The number of pyridine rings is 1. The molecule has 17 heavy (non-hydrogen) atoms. The fourth-order valence-corrected chi connectivity index (χ4v) is 2.48. The number of hydrogen-bond acceptors (Lipinski definition) is 4. The van der Waals surface area contributed by atoms with Gasteiger partial charge in [-0.1, -0.05) is 21.1 Å². The van der Waals surface area contributed by atoms with Gasteiger partial charge in [-0.15, -0.1) is 5.10 Å². The van der Waals surface area contributed by atoms with Gasteiger partial charge in [-0.3, -0.25) is 0 Å². The highest BCUT2D eigenvalue weighted by Gasteiger charge is 2.24. The maximum atomic E-state index is 6.02. The Kier molecular flexibility index (Phi) is 2.68. The molecule has 1 unspecified atom stereocenters. The number of fused-ring (bicyclic) bond motifs is 1. The molecule has 2 N–H and O–H groups in total. The molecule has 0 fully saturated rings. The molecular formula is C11H12BrN5. The molecule has 5 nitrogen and oxygen atoms in total. The van der Waals surface area contributed by atoms with Crippen LogP contribution >= 0.6 is 15.9 Å². The summed E-state index contributed by atoms with van der Waals surface area (Å²) in [5.41, 5.74) is 8.03. The monoisotopic (exact) mass is 293 g/mol. The van der Waals surface area contributed by atoms with E-state index in [1.165, 1.54) is 0 Å². The molecule has 1 aliphatic carbocycles. The van der Waals surface area contributed by atoms with E-state index in [-0.39, 0.29) is 6.04 Å². The Morgan fingerprint density at radius 1 is 1.47 bits per heavy atom. The average Bonchev–Trinajstić information content (AvgIpc) is 2.74. The molecule has 0 saturated carbocycles. The lowest BCUT2D eigenvalue weighted by Crippen LogP contribution is -2.18.